The van der Waals surface area contributed by atoms with Crippen LogP contribution in [0.3, 0.4) is 0 Å². The third-order valence-corrected chi connectivity index (χ3v) is 3.55. The van der Waals surface area contributed by atoms with Crippen molar-refractivity contribution >= 4 is 17.5 Å². The van der Waals surface area contributed by atoms with Gasteiger partial charge in [-0.25, -0.2) is 0 Å². The lowest BCUT2D eigenvalue weighted by Gasteiger charge is -2.09. The van der Waals surface area contributed by atoms with E-state index in [9.17, 15) is 0 Å². The maximum atomic E-state index is 9.14. The topological polar surface area (TPSA) is 32.6 Å². The molecular formula is C11H13NOS. The van der Waals surface area contributed by atoms with Gasteiger partial charge in [-0.3, -0.25) is 4.99 Å². The molecule has 1 N–H and O–H groups in total. The Morgan fingerprint density at radius 1 is 1.50 bits per heavy atom. The van der Waals surface area contributed by atoms with E-state index >= 15 is 0 Å². The summed E-state index contributed by atoms with van der Waals surface area (Å²) in [5, 5.41) is 9.34. The first-order valence-electron chi connectivity index (χ1n) is 4.69. The minimum absolute atomic E-state index is 0.190. The molecule has 0 aromatic heterocycles. The molecule has 1 heterocycles. The van der Waals surface area contributed by atoms with Gasteiger partial charge in [0.05, 0.1) is 18.4 Å². The molecule has 0 amide bonds. The lowest BCUT2D eigenvalue weighted by molar-refractivity contribution is 0.296. The highest BCUT2D eigenvalue weighted by atomic mass is 32.2. The summed E-state index contributed by atoms with van der Waals surface area (Å²) in [5.41, 5.74) is 2.28. The standard InChI is InChI=1S/C11H13NOS/c1-8-10-4-2-3-5-11(10)14-9(7-13)6-12-8/h2-5,9,13H,6-7H2,1H3. The number of aliphatic hydroxyl groups excluding tert-OH is 1. The van der Waals surface area contributed by atoms with Gasteiger partial charge in [0.1, 0.15) is 0 Å². The van der Waals surface area contributed by atoms with Crippen LogP contribution in [0.15, 0.2) is 34.2 Å². The summed E-state index contributed by atoms with van der Waals surface area (Å²) in [7, 11) is 0. The summed E-state index contributed by atoms with van der Waals surface area (Å²) in [6.07, 6.45) is 0. The van der Waals surface area contributed by atoms with Gasteiger partial charge in [-0.15, -0.1) is 11.8 Å². The molecular weight excluding hydrogens is 194 g/mol. The van der Waals surface area contributed by atoms with Gasteiger partial charge in [0.25, 0.3) is 0 Å². The molecule has 2 nitrogen and oxygen atoms in total. The molecule has 14 heavy (non-hydrogen) atoms. The van der Waals surface area contributed by atoms with Gasteiger partial charge in [0.15, 0.2) is 0 Å². The Balaban J connectivity index is 2.40. The normalized spacial score (nSPS) is 21.0. The van der Waals surface area contributed by atoms with Gasteiger partial charge in [0, 0.05) is 16.2 Å². The largest absolute Gasteiger partial charge is 0.395 e. The van der Waals surface area contributed by atoms with Crippen molar-refractivity contribution in [3.63, 3.8) is 0 Å². The SMILES string of the molecule is CC1=NCC(CO)Sc2ccccc21. The van der Waals surface area contributed by atoms with E-state index in [-0.39, 0.29) is 11.9 Å². The average molecular weight is 207 g/mol. The molecule has 1 aliphatic heterocycles. The lowest BCUT2D eigenvalue weighted by Crippen LogP contribution is -2.11. The molecule has 1 aromatic carbocycles. The van der Waals surface area contributed by atoms with Crippen molar-refractivity contribution in [3.8, 4) is 0 Å². The molecule has 3 heteroatoms. The Morgan fingerprint density at radius 2 is 2.29 bits per heavy atom. The smallest absolute Gasteiger partial charge is 0.0571 e. The number of aliphatic hydroxyl groups is 1. The molecule has 1 atom stereocenters. The molecule has 0 fully saturated rings. The van der Waals surface area contributed by atoms with E-state index < -0.39 is 0 Å². The minimum atomic E-state index is 0.190. The van der Waals surface area contributed by atoms with E-state index in [0.717, 1.165) is 5.71 Å². The fourth-order valence-corrected chi connectivity index (χ4v) is 2.59. The molecule has 1 aromatic rings. The number of benzene rings is 1. The second-order valence-corrected chi connectivity index (χ2v) is 4.69. The molecule has 1 unspecified atom stereocenters. The van der Waals surface area contributed by atoms with Crippen LogP contribution >= 0.6 is 11.8 Å². The molecule has 74 valence electrons. The van der Waals surface area contributed by atoms with Crippen molar-refractivity contribution in [1.29, 1.82) is 0 Å². The van der Waals surface area contributed by atoms with Crippen LogP contribution in [-0.2, 0) is 0 Å². The van der Waals surface area contributed by atoms with E-state index in [0.29, 0.717) is 6.54 Å². The maximum absolute atomic E-state index is 9.14. The van der Waals surface area contributed by atoms with Crippen molar-refractivity contribution in [1.82, 2.24) is 0 Å². The summed E-state index contributed by atoms with van der Waals surface area (Å²) in [6, 6.07) is 8.23. The van der Waals surface area contributed by atoms with Crippen LogP contribution in [0.25, 0.3) is 0 Å². The third kappa shape index (κ3) is 1.83. The number of rotatable bonds is 1. The van der Waals surface area contributed by atoms with Crippen LogP contribution in [0.2, 0.25) is 0 Å². The minimum Gasteiger partial charge on any atom is -0.395 e. The second-order valence-electron chi connectivity index (χ2n) is 3.34. The Kier molecular flexibility index (Phi) is 2.89. The van der Waals surface area contributed by atoms with Gasteiger partial charge in [-0.2, -0.15) is 0 Å². The molecule has 1 aliphatic rings. The van der Waals surface area contributed by atoms with Crippen LogP contribution in [-0.4, -0.2) is 29.2 Å². The van der Waals surface area contributed by atoms with Crippen molar-refractivity contribution in [3.05, 3.63) is 29.8 Å². The quantitative estimate of drug-likeness (QED) is 0.763. The lowest BCUT2D eigenvalue weighted by atomic mass is 10.1. The van der Waals surface area contributed by atoms with Crippen LogP contribution < -0.4 is 0 Å². The molecule has 0 saturated heterocycles. The van der Waals surface area contributed by atoms with Crippen molar-refractivity contribution < 1.29 is 5.11 Å². The third-order valence-electron chi connectivity index (χ3n) is 2.31. The first-order valence-corrected chi connectivity index (χ1v) is 5.57. The van der Waals surface area contributed by atoms with E-state index in [4.69, 9.17) is 5.11 Å². The highest BCUT2D eigenvalue weighted by Gasteiger charge is 2.16. The molecule has 0 bridgehead atoms. The predicted octanol–water partition coefficient (Wildman–Crippen LogP) is 1.96. The van der Waals surface area contributed by atoms with E-state index in [2.05, 4.69) is 17.1 Å². The van der Waals surface area contributed by atoms with Gasteiger partial charge < -0.3 is 5.11 Å². The van der Waals surface area contributed by atoms with Gasteiger partial charge in [0.2, 0.25) is 0 Å². The van der Waals surface area contributed by atoms with Gasteiger partial charge in [-0.1, -0.05) is 18.2 Å². The molecule has 0 aliphatic carbocycles. The summed E-state index contributed by atoms with van der Waals surface area (Å²) in [4.78, 5) is 5.68. The Bertz CT molecular complexity index is 362. The molecule has 0 saturated carbocycles. The monoisotopic (exact) mass is 207 g/mol. The highest BCUT2D eigenvalue weighted by Crippen LogP contribution is 2.29. The van der Waals surface area contributed by atoms with Gasteiger partial charge in [-0.05, 0) is 13.0 Å². The molecule has 0 radical (unpaired) electrons. The number of nitrogens with zero attached hydrogens (tertiary/aromatic N) is 1. The van der Waals surface area contributed by atoms with Crippen molar-refractivity contribution in [2.24, 2.45) is 4.99 Å². The fourth-order valence-electron chi connectivity index (χ4n) is 1.50. The van der Waals surface area contributed by atoms with E-state index in [1.807, 2.05) is 19.1 Å². The molecule has 0 spiro atoms. The number of hydrogen-bond acceptors (Lipinski definition) is 3. The number of thioether (sulfide) groups is 1. The molecule has 2 rings (SSSR count). The Hall–Kier alpha value is -0.800. The summed E-state index contributed by atoms with van der Waals surface area (Å²) >= 11 is 1.72. The Labute approximate surface area is 88.1 Å². The first-order chi connectivity index (χ1) is 6.81. The Morgan fingerprint density at radius 3 is 3.07 bits per heavy atom. The zero-order valence-electron chi connectivity index (χ0n) is 8.10. The number of hydrogen-bond donors (Lipinski definition) is 1. The summed E-state index contributed by atoms with van der Waals surface area (Å²) in [5.74, 6) is 0. The summed E-state index contributed by atoms with van der Waals surface area (Å²) in [6.45, 7) is 2.93. The van der Waals surface area contributed by atoms with Crippen LogP contribution in [0, 0.1) is 0 Å². The van der Waals surface area contributed by atoms with E-state index in [1.165, 1.54) is 10.5 Å². The number of fused-ring (bicyclic) bond motifs is 1. The average Bonchev–Trinajstić information content (AvgIpc) is 2.39. The van der Waals surface area contributed by atoms with Crippen molar-refractivity contribution in [2.75, 3.05) is 13.2 Å². The van der Waals surface area contributed by atoms with Crippen LogP contribution in [0.1, 0.15) is 12.5 Å². The predicted molar refractivity (Wildman–Crippen MR) is 60.3 cm³/mol. The maximum Gasteiger partial charge on any atom is 0.0571 e. The van der Waals surface area contributed by atoms with E-state index in [1.54, 1.807) is 11.8 Å². The highest BCUT2D eigenvalue weighted by molar-refractivity contribution is 8.00. The summed E-state index contributed by atoms with van der Waals surface area (Å²) < 4.78 is 0. The zero-order valence-corrected chi connectivity index (χ0v) is 8.92. The second kappa shape index (κ2) is 4.15. The zero-order chi connectivity index (χ0) is 9.97. The van der Waals surface area contributed by atoms with Crippen LogP contribution in [0.4, 0.5) is 0 Å². The van der Waals surface area contributed by atoms with Crippen molar-refractivity contribution in [2.45, 2.75) is 17.1 Å². The fraction of sp³-hybridized carbons (Fsp3) is 0.364. The number of aliphatic imine (C=N–C) groups is 1. The first kappa shape index (κ1) is 9.74. The van der Waals surface area contributed by atoms with Crippen LogP contribution in [0.5, 0.6) is 0 Å². The van der Waals surface area contributed by atoms with Gasteiger partial charge >= 0.3 is 0 Å².